The van der Waals surface area contributed by atoms with Gasteiger partial charge in [-0.2, -0.15) is 0 Å². The molecule has 1 amide bonds. The first-order valence-electron chi connectivity index (χ1n) is 7.50. The minimum atomic E-state index is -3.53. The fourth-order valence-corrected chi connectivity index (χ4v) is 4.08. The van der Waals surface area contributed by atoms with Crippen LogP contribution in [0.4, 0.5) is 0 Å². The monoisotopic (exact) mass is 319 g/mol. The SMILES string of the molecule is Cc1c(C(=O)NS(=O)(=O)C2CC2)ccc2cnc(C3CC3)n12. The largest absolute Gasteiger partial charge is 0.300 e. The molecule has 2 aliphatic rings. The van der Waals surface area contributed by atoms with Crippen molar-refractivity contribution in [2.24, 2.45) is 0 Å². The lowest BCUT2D eigenvalue weighted by molar-refractivity contribution is 0.0980. The number of pyridine rings is 1. The van der Waals surface area contributed by atoms with Crippen LogP contribution < -0.4 is 4.72 Å². The Bertz CT molecular complexity index is 877. The lowest BCUT2D eigenvalue weighted by Crippen LogP contribution is -2.33. The number of carbonyl (C=O) groups excluding carboxylic acids is 1. The number of amides is 1. The van der Waals surface area contributed by atoms with E-state index >= 15 is 0 Å². The van der Waals surface area contributed by atoms with Crippen LogP contribution in [-0.2, 0) is 10.0 Å². The Kier molecular flexibility index (Phi) is 2.84. The summed E-state index contributed by atoms with van der Waals surface area (Å²) in [5, 5.41) is -0.407. The average Bonchev–Trinajstić information content (AvgIpc) is 3.35. The van der Waals surface area contributed by atoms with E-state index in [1.807, 2.05) is 17.4 Å². The number of nitrogens with one attached hydrogen (secondary N) is 1. The summed E-state index contributed by atoms with van der Waals surface area (Å²) in [7, 11) is -3.53. The molecule has 0 spiro atoms. The molecule has 1 N–H and O–H groups in total. The maximum absolute atomic E-state index is 12.4. The van der Waals surface area contributed by atoms with Crippen LogP contribution in [0.5, 0.6) is 0 Å². The minimum absolute atomic E-state index is 0.386. The number of aryl methyl sites for hydroxylation is 1. The normalized spacial score (nSPS) is 18.6. The molecule has 0 bridgehead atoms. The first-order chi connectivity index (χ1) is 10.5. The maximum Gasteiger partial charge on any atom is 0.266 e. The summed E-state index contributed by atoms with van der Waals surface area (Å²) in [4.78, 5) is 16.8. The van der Waals surface area contributed by atoms with Gasteiger partial charge in [-0.25, -0.2) is 18.1 Å². The minimum Gasteiger partial charge on any atom is -0.300 e. The predicted molar refractivity (Wildman–Crippen MR) is 81.3 cm³/mol. The Morgan fingerprint density at radius 2 is 2.00 bits per heavy atom. The quantitative estimate of drug-likeness (QED) is 0.931. The standard InChI is InChI=1S/C15H17N3O3S/c1-9-13(15(19)17-22(20,21)12-5-6-12)7-4-11-8-16-14(18(9)11)10-2-3-10/h4,7-8,10,12H,2-3,5-6H2,1H3,(H,17,19). The van der Waals surface area contributed by atoms with Gasteiger partial charge in [0.2, 0.25) is 10.0 Å². The number of nitrogens with zero attached hydrogens (tertiary/aromatic N) is 2. The molecule has 2 heterocycles. The number of carbonyl (C=O) groups is 1. The molecule has 2 fully saturated rings. The van der Waals surface area contributed by atoms with Gasteiger partial charge in [-0.05, 0) is 44.7 Å². The van der Waals surface area contributed by atoms with Gasteiger partial charge in [0.25, 0.3) is 5.91 Å². The van der Waals surface area contributed by atoms with Gasteiger partial charge in [-0.15, -0.1) is 0 Å². The highest BCUT2D eigenvalue weighted by Gasteiger charge is 2.37. The van der Waals surface area contributed by atoms with E-state index in [4.69, 9.17) is 0 Å². The molecular weight excluding hydrogens is 302 g/mol. The third kappa shape index (κ3) is 2.20. The van der Waals surface area contributed by atoms with E-state index in [2.05, 4.69) is 9.71 Å². The number of fused-ring (bicyclic) bond motifs is 1. The van der Waals surface area contributed by atoms with Gasteiger partial charge < -0.3 is 0 Å². The molecule has 7 heteroatoms. The molecule has 6 nitrogen and oxygen atoms in total. The van der Waals surface area contributed by atoms with Crippen LogP contribution in [0.2, 0.25) is 0 Å². The van der Waals surface area contributed by atoms with Gasteiger partial charge in [0.05, 0.1) is 22.5 Å². The smallest absolute Gasteiger partial charge is 0.266 e. The zero-order valence-corrected chi connectivity index (χ0v) is 13.1. The van der Waals surface area contributed by atoms with Crippen LogP contribution in [-0.4, -0.2) is 29.0 Å². The second kappa shape index (κ2) is 4.55. The summed E-state index contributed by atoms with van der Waals surface area (Å²) in [5.74, 6) is 0.864. The summed E-state index contributed by atoms with van der Waals surface area (Å²) in [6, 6.07) is 3.48. The number of rotatable bonds is 4. The Hall–Kier alpha value is -1.89. The first-order valence-corrected chi connectivity index (χ1v) is 9.05. The average molecular weight is 319 g/mol. The number of imidazole rings is 1. The van der Waals surface area contributed by atoms with Crippen molar-refractivity contribution in [2.75, 3.05) is 0 Å². The predicted octanol–water partition coefficient (Wildman–Crippen LogP) is 1.74. The zero-order chi connectivity index (χ0) is 15.5. The molecule has 0 unspecified atom stereocenters. The van der Waals surface area contributed by atoms with Crippen LogP contribution in [0, 0.1) is 6.92 Å². The van der Waals surface area contributed by atoms with Gasteiger partial charge in [0.1, 0.15) is 5.82 Å². The Morgan fingerprint density at radius 1 is 1.27 bits per heavy atom. The summed E-state index contributed by atoms with van der Waals surface area (Å²) >= 11 is 0. The van der Waals surface area contributed by atoms with E-state index in [9.17, 15) is 13.2 Å². The maximum atomic E-state index is 12.4. The van der Waals surface area contributed by atoms with Crippen LogP contribution >= 0.6 is 0 Å². The highest BCUT2D eigenvalue weighted by Crippen LogP contribution is 2.39. The van der Waals surface area contributed by atoms with E-state index < -0.39 is 21.2 Å². The molecule has 116 valence electrons. The number of hydrogen-bond donors (Lipinski definition) is 1. The Morgan fingerprint density at radius 3 is 2.64 bits per heavy atom. The van der Waals surface area contributed by atoms with Crippen LogP contribution in [0.1, 0.15) is 53.5 Å². The van der Waals surface area contributed by atoms with Crippen LogP contribution in [0.25, 0.3) is 5.52 Å². The fourth-order valence-electron chi connectivity index (χ4n) is 2.79. The van der Waals surface area contributed by atoms with Crippen LogP contribution in [0.15, 0.2) is 18.3 Å². The van der Waals surface area contributed by atoms with E-state index in [0.717, 1.165) is 29.9 Å². The van der Waals surface area contributed by atoms with Crippen molar-refractivity contribution in [3.63, 3.8) is 0 Å². The summed E-state index contributed by atoms with van der Waals surface area (Å²) in [6.07, 6.45) is 5.29. The number of sulfonamides is 1. The van der Waals surface area contributed by atoms with Crippen molar-refractivity contribution >= 4 is 21.4 Å². The topological polar surface area (TPSA) is 80.5 Å². The molecule has 0 aromatic carbocycles. The van der Waals surface area contributed by atoms with Gasteiger partial charge in [-0.3, -0.25) is 9.20 Å². The lowest BCUT2D eigenvalue weighted by Gasteiger charge is -2.11. The van der Waals surface area contributed by atoms with E-state index in [1.54, 1.807) is 12.3 Å². The van der Waals surface area contributed by atoms with Crippen molar-refractivity contribution in [3.8, 4) is 0 Å². The Labute approximate surface area is 128 Å². The molecular formula is C15H17N3O3S. The van der Waals surface area contributed by atoms with Crippen molar-refractivity contribution < 1.29 is 13.2 Å². The molecule has 2 saturated carbocycles. The molecule has 2 aromatic rings. The summed E-state index contributed by atoms with van der Waals surface area (Å²) < 4.78 is 28.0. The number of aromatic nitrogens is 2. The van der Waals surface area contributed by atoms with Gasteiger partial charge in [-0.1, -0.05) is 0 Å². The first kappa shape index (κ1) is 13.8. The molecule has 0 atom stereocenters. The van der Waals surface area contributed by atoms with E-state index in [-0.39, 0.29) is 0 Å². The lowest BCUT2D eigenvalue weighted by atomic mass is 10.2. The van der Waals surface area contributed by atoms with Gasteiger partial charge in [0.15, 0.2) is 0 Å². The fraction of sp³-hybridized carbons (Fsp3) is 0.467. The highest BCUT2D eigenvalue weighted by atomic mass is 32.2. The van der Waals surface area contributed by atoms with Crippen molar-refractivity contribution in [3.05, 3.63) is 35.4 Å². The van der Waals surface area contributed by atoms with Gasteiger partial charge in [0, 0.05) is 11.6 Å². The molecule has 0 aliphatic heterocycles. The van der Waals surface area contributed by atoms with E-state index in [0.29, 0.717) is 24.3 Å². The Balaban J connectivity index is 1.73. The molecule has 2 aromatic heterocycles. The molecule has 0 saturated heterocycles. The second-order valence-corrected chi connectivity index (χ2v) is 8.12. The summed E-state index contributed by atoms with van der Waals surface area (Å²) in [5.41, 5.74) is 2.05. The molecule has 0 radical (unpaired) electrons. The van der Waals surface area contributed by atoms with Crippen molar-refractivity contribution in [2.45, 2.75) is 43.8 Å². The zero-order valence-electron chi connectivity index (χ0n) is 12.2. The molecule has 22 heavy (non-hydrogen) atoms. The van der Waals surface area contributed by atoms with Crippen LogP contribution in [0.3, 0.4) is 0 Å². The van der Waals surface area contributed by atoms with Crippen molar-refractivity contribution in [1.29, 1.82) is 0 Å². The van der Waals surface area contributed by atoms with E-state index in [1.165, 1.54) is 0 Å². The second-order valence-electron chi connectivity index (χ2n) is 6.16. The van der Waals surface area contributed by atoms with Crippen molar-refractivity contribution in [1.82, 2.24) is 14.1 Å². The highest BCUT2D eigenvalue weighted by molar-refractivity contribution is 7.91. The van der Waals surface area contributed by atoms with Gasteiger partial charge >= 0.3 is 0 Å². The summed E-state index contributed by atoms with van der Waals surface area (Å²) in [6.45, 7) is 1.83. The molecule has 4 rings (SSSR count). The molecule has 2 aliphatic carbocycles. The third-order valence-electron chi connectivity index (χ3n) is 4.35. The third-order valence-corrected chi connectivity index (χ3v) is 6.17. The number of hydrogen-bond acceptors (Lipinski definition) is 4.